The average Bonchev–Trinajstić information content (AvgIpc) is 3.25. The summed E-state index contributed by atoms with van der Waals surface area (Å²) in [5.74, 6) is -0.250. The lowest BCUT2D eigenvalue weighted by Gasteiger charge is -2.25. The van der Waals surface area contributed by atoms with E-state index in [1.54, 1.807) is 24.3 Å². The van der Waals surface area contributed by atoms with E-state index in [1.165, 1.54) is 23.5 Å². The molecular formula is C52H64N6O4S2. The van der Waals surface area contributed by atoms with Crippen molar-refractivity contribution in [3.63, 3.8) is 0 Å². The summed E-state index contributed by atoms with van der Waals surface area (Å²) in [6.45, 7) is 15.2. The molecule has 0 spiro atoms. The highest BCUT2D eigenvalue weighted by Crippen LogP contribution is 2.40. The fourth-order valence-electron chi connectivity index (χ4n) is 7.05. The van der Waals surface area contributed by atoms with Crippen LogP contribution in [0.3, 0.4) is 0 Å². The Morgan fingerprint density at radius 2 is 1.06 bits per heavy atom. The molecule has 338 valence electrons. The molecule has 0 aromatic heterocycles. The van der Waals surface area contributed by atoms with Gasteiger partial charge in [0, 0.05) is 53.0 Å². The number of carbonyl (C=O) groups excluding carboxylic acids is 4. The molecule has 12 heteroatoms. The van der Waals surface area contributed by atoms with Crippen LogP contribution >= 0.6 is 23.5 Å². The molecule has 0 fully saturated rings. The summed E-state index contributed by atoms with van der Waals surface area (Å²) in [5.41, 5.74) is 24.7. The third-order valence-corrected chi connectivity index (χ3v) is 13.1. The van der Waals surface area contributed by atoms with Crippen molar-refractivity contribution in [2.24, 2.45) is 23.1 Å². The summed E-state index contributed by atoms with van der Waals surface area (Å²) in [7, 11) is 0. The lowest BCUT2D eigenvalue weighted by atomic mass is 9.85. The van der Waals surface area contributed by atoms with Gasteiger partial charge in [-0.05, 0) is 81.8 Å². The first kappa shape index (κ1) is 49.8. The largest absolute Gasteiger partial charge is 0.330 e. The zero-order valence-electron chi connectivity index (χ0n) is 38.2. The molecule has 3 amide bonds. The molecule has 0 unspecified atom stereocenters. The maximum atomic E-state index is 14.3. The van der Waals surface area contributed by atoms with Crippen molar-refractivity contribution in [3.8, 4) is 0 Å². The van der Waals surface area contributed by atoms with Gasteiger partial charge in [0.05, 0.1) is 28.0 Å². The molecule has 5 rings (SSSR count). The maximum absolute atomic E-state index is 14.3. The summed E-state index contributed by atoms with van der Waals surface area (Å²) < 4.78 is 0. The number of hydrogen-bond donors (Lipinski definition) is 6. The Hall–Kier alpha value is -5.24. The second-order valence-electron chi connectivity index (χ2n) is 18.2. The molecule has 0 aliphatic carbocycles. The standard InChI is InChI=1S/C52H64N6O4S2/c1-33(25-34-15-10-8-11-16-34)48(60)56-42-30-39(51(2,3)4)28-38(46(42)63-23-21-53)29-45(59)36-19-14-20-37(27-36)49(61)57-43-31-40(52(5,6)7)32-44(47(43)64-24-22-54)58-50(62)41(55)26-35-17-12-9-13-18-35/h8-20,27-28,30-33,41H,21-26,29,53-55H2,1-7H3,(H,56,60)(H,57,61)(H,58,62)/t33-,41-/m0/s1. The first-order valence-corrected chi connectivity index (χ1v) is 23.8. The SMILES string of the molecule is C[C@@H](Cc1ccccc1)C(=O)Nc1cc(C(C)(C)C)cc(CC(=O)c2cccc(C(=O)Nc3cc(C(C)(C)C)cc(NC(=O)[C@@H](N)Cc4ccccc4)c3SCCN)c2)c1SCCN. The number of nitrogens with one attached hydrogen (secondary N) is 3. The van der Waals surface area contributed by atoms with Crippen molar-refractivity contribution >= 4 is 64.1 Å². The Kier molecular flexibility index (Phi) is 17.6. The number of rotatable bonds is 19. The van der Waals surface area contributed by atoms with E-state index in [4.69, 9.17) is 17.2 Å². The van der Waals surface area contributed by atoms with Gasteiger partial charge in [-0.1, -0.05) is 127 Å². The zero-order valence-corrected chi connectivity index (χ0v) is 39.8. The smallest absolute Gasteiger partial charge is 0.255 e. The van der Waals surface area contributed by atoms with Crippen LogP contribution in [0.2, 0.25) is 0 Å². The van der Waals surface area contributed by atoms with Crippen molar-refractivity contribution in [1.82, 2.24) is 0 Å². The van der Waals surface area contributed by atoms with E-state index in [2.05, 4.69) is 57.5 Å². The van der Waals surface area contributed by atoms with Gasteiger partial charge in [-0.25, -0.2) is 0 Å². The van der Waals surface area contributed by atoms with Crippen molar-refractivity contribution in [3.05, 3.63) is 148 Å². The van der Waals surface area contributed by atoms with Crippen molar-refractivity contribution in [2.75, 3.05) is 40.5 Å². The molecule has 0 heterocycles. The summed E-state index contributed by atoms with van der Waals surface area (Å²) >= 11 is 2.94. The molecule has 5 aromatic rings. The number of anilines is 3. The minimum Gasteiger partial charge on any atom is -0.330 e. The normalized spacial score (nSPS) is 12.6. The van der Waals surface area contributed by atoms with Gasteiger partial charge in [0.15, 0.2) is 5.78 Å². The van der Waals surface area contributed by atoms with E-state index in [0.717, 1.165) is 32.7 Å². The number of Topliss-reactive ketones (excluding diaryl/α,β-unsaturated/α-hetero) is 1. The van der Waals surface area contributed by atoms with Gasteiger partial charge in [0.1, 0.15) is 0 Å². The van der Waals surface area contributed by atoms with Crippen LogP contribution in [0.4, 0.5) is 17.1 Å². The molecule has 9 N–H and O–H groups in total. The van der Waals surface area contributed by atoms with Crippen LogP contribution < -0.4 is 33.2 Å². The maximum Gasteiger partial charge on any atom is 0.255 e. The Morgan fingerprint density at radius 3 is 1.62 bits per heavy atom. The molecule has 0 aliphatic heterocycles. The van der Waals surface area contributed by atoms with Crippen molar-refractivity contribution in [1.29, 1.82) is 0 Å². The Morgan fingerprint density at radius 1 is 0.578 bits per heavy atom. The van der Waals surface area contributed by atoms with Gasteiger partial charge in [-0.15, -0.1) is 23.5 Å². The van der Waals surface area contributed by atoms with Crippen LogP contribution in [0.25, 0.3) is 0 Å². The van der Waals surface area contributed by atoms with E-state index in [1.807, 2.05) is 91.9 Å². The van der Waals surface area contributed by atoms with Crippen LogP contribution in [0.1, 0.15) is 97.0 Å². The number of hydrogen-bond acceptors (Lipinski definition) is 9. The second-order valence-corrected chi connectivity index (χ2v) is 20.4. The molecule has 2 atom stereocenters. The topological polar surface area (TPSA) is 182 Å². The van der Waals surface area contributed by atoms with E-state index < -0.39 is 11.9 Å². The predicted octanol–water partition coefficient (Wildman–Crippen LogP) is 9.39. The number of amides is 3. The number of ketones is 1. The van der Waals surface area contributed by atoms with Gasteiger partial charge in [-0.2, -0.15) is 0 Å². The van der Waals surface area contributed by atoms with E-state index >= 15 is 0 Å². The van der Waals surface area contributed by atoms with Gasteiger partial charge in [-0.3, -0.25) is 19.2 Å². The predicted molar refractivity (Wildman–Crippen MR) is 267 cm³/mol. The van der Waals surface area contributed by atoms with Crippen LogP contribution in [0, 0.1) is 5.92 Å². The Bertz CT molecular complexity index is 2250. The van der Waals surface area contributed by atoms with E-state index in [0.29, 0.717) is 70.5 Å². The van der Waals surface area contributed by atoms with Crippen molar-refractivity contribution < 1.29 is 19.2 Å². The van der Waals surface area contributed by atoms with E-state index in [-0.39, 0.29) is 40.8 Å². The summed E-state index contributed by atoms with van der Waals surface area (Å²) in [6.07, 6.45) is 0.981. The first-order chi connectivity index (χ1) is 30.4. The monoisotopic (exact) mass is 900 g/mol. The highest BCUT2D eigenvalue weighted by molar-refractivity contribution is 7.99. The molecule has 0 radical (unpaired) electrons. The fourth-order valence-corrected chi connectivity index (χ4v) is 8.80. The van der Waals surface area contributed by atoms with Crippen LogP contribution in [0.5, 0.6) is 0 Å². The van der Waals surface area contributed by atoms with Crippen LogP contribution in [-0.4, -0.2) is 54.1 Å². The molecule has 0 saturated heterocycles. The molecule has 0 aliphatic rings. The number of thioether (sulfide) groups is 2. The summed E-state index contributed by atoms with van der Waals surface area (Å²) in [4.78, 5) is 57.2. The van der Waals surface area contributed by atoms with Crippen molar-refractivity contribution in [2.45, 2.75) is 94.4 Å². The van der Waals surface area contributed by atoms with Crippen LogP contribution in [-0.2, 0) is 39.7 Å². The highest BCUT2D eigenvalue weighted by atomic mass is 32.2. The Balaban J connectivity index is 1.44. The number of carbonyl (C=O) groups is 4. The fraction of sp³-hybridized carbons (Fsp3) is 0.346. The first-order valence-electron chi connectivity index (χ1n) is 21.8. The summed E-state index contributed by atoms with van der Waals surface area (Å²) in [6, 6.07) is 33.3. The molecule has 10 nitrogen and oxygen atoms in total. The Labute approximate surface area is 387 Å². The minimum absolute atomic E-state index is 0.0350. The second kappa shape index (κ2) is 22.6. The lowest BCUT2D eigenvalue weighted by molar-refractivity contribution is -0.119. The molecule has 5 aromatic carbocycles. The van der Waals surface area contributed by atoms with Gasteiger partial charge in [0.2, 0.25) is 11.8 Å². The summed E-state index contributed by atoms with van der Waals surface area (Å²) in [5, 5.41) is 9.37. The third-order valence-electron chi connectivity index (χ3n) is 10.7. The molecule has 64 heavy (non-hydrogen) atoms. The zero-order chi connectivity index (χ0) is 46.6. The quantitative estimate of drug-likeness (QED) is 0.0348. The highest BCUT2D eigenvalue weighted by Gasteiger charge is 2.26. The number of benzene rings is 5. The lowest BCUT2D eigenvalue weighted by Crippen LogP contribution is -2.37. The van der Waals surface area contributed by atoms with Gasteiger partial charge < -0.3 is 33.2 Å². The van der Waals surface area contributed by atoms with Gasteiger partial charge in [0.25, 0.3) is 5.91 Å². The molecule has 0 bridgehead atoms. The molecule has 0 saturated carbocycles. The third kappa shape index (κ3) is 13.9. The number of nitrogens with two attached hydrogens (primary N) is 3. The van der Waals surface area contributed by atoms with E-state index in [9.17, 15) is 19.2 Å². The molecular weight excluding hydrogens is 837 g/mol. The minimum atomic E-state index is -0.809. The van der Waals surface area contributed by atoms with Gasteiger partial charge >= 0.3 is 0 Å². The van der Waals surface area contributed by atoms with Crippen LogP contribution in [0.15, 0.2) is 119 Å². The average molecular weight is 901 g/mol.